The standard InChI is InChI=1S/C18H20N2O/c1-12-11-17(21-3)13(2)10-14(12)18(15-6-4-8-19-15)16-7-5-9-20-16/h4-11,18-20H,1-3H3. The maximum atomic E-state index is 5.43. The minimum Gasteiger partial charge on any atom is -0.496 e. The zero-order valence-corrected chi connectivity index (χ0v) is 12.6. The van der Waals surface area contributed by atoms with Crippen LogP contribution in [0.4, 0.5) is 0 Å². The lowest BCUT2D eigenvalue weighted by Gasteiger charge is -2.20. The van der Waals surface area contributed by atoms with Gasteiger partial charge in [0.2, 0.25) is 0 Å². The monoisotopic (exact) mass is 280 g/mol. The topological polar surface area (TPSA) is 40.8 Å². The third kappa shape index (κ3) is 2.47. The average Bonchev–Trinajstić information content (AvgIpc) is 3.16. The molecule has 0 radical (unpaired) electrons. The normalized spacial score (nSPS) is 11.0. The molecule has 0 amide bonds. The van der Waals surface area contributed by atoms with Gasteiger partial charge in [0, 0.05) is 23.8 Å². The first-order valence-corrected chi connectivity index (χ1v) is 7.12. The van der Waals surface area contributed by atoms with Gasteiger partial charge in [-0.2, -0.15) is 0 Å². The van der Waals surface area contributed by atoms with Crippen molar-refractivity contribution in [2.45, 2.75) is 19.8 Å². The first-order valence-electron chi connectivity index (χ1n) is 7.12. The highest BCUT2D eigenvalue weighted by molar-refractivity contribution is 5.48. The second-order valence-electron chi connectivity index (χ2n) is 5.36. The second-order valence-corrected chi connectivity index (χ2v) is 5.36. The summed E-state index contributed by atoms with van der Waals surface area (Å²) >= 11 is 0. The van der Waals surface area contributed by atoms with Crippen LogP contribution in [0.3, 0.4) is 0 Å². The number of ether oxygens (including phenoxy) is 1. The smallest absolute Gasteiger partial charge is 0.122 e. The van der Waals surface area contributed by atoms with Crippen LogP contribution in [0.1, 0.15) is 34.0 Å². The number of methoxy groups -OCH3 is 1. The van der Waals surface area contributed by atoms with Gasteiger partial charge in [0.15, 0.2) is 0 Å². The van der Waals surface area contributed by atoms with E-state index in [4.69, 9.17) is 4.74 Å². The lowest BCUT2D eigenvalue weighted by atomic mass is 9.88. The van der Waals surface area contributed by atoms with Crippen LogP contribution < -0.4 is 4.74 Å². The molecule has 0 bridgehead atoms. The minimum absolute atomic E-state index is 0.180. The number of aryl methyl sites for hydroxylation is 2. The molecule has 1 aromatic carbocycles. The first kappa shape index (κ1) is 13.6. The molecule has 3 nitrogen and oxygen atoms in total. The molecule has 0 atom stereocenters. The largest absolute Gasteiger partial charge is 0.496 e. The zero-order chi connectivity index (χ0) is 14.8. The summed E-state index contributed by atoms with van der Waals surface area (Å²) in [6, 6.07) is 12.7. The minimum atomic E-state index is 0.180. The molecule has 0 saturated carbocycles. The molecule has 3 rings (SSSR count). The van der Waals surface area contributed by atoms with Crippen molar-refractivity contribution in [3.05, 3.63) is 76.9 Å². The lowest BCUT2D eigenvalue weighted by molar-refractivity contribution is 0.411. The quantitative estimate of drug-likeness (QED) is 0.740. The van der Waals surface area contributed by atoms with Gasteiger partial charge in [-0.05, 0) is 60.9 Å². The average molecular weight is 280 g/mol. The van der Waals surface area contributed by atoms with E-state index in [0.717, 1.165) is 11.3 Å². The van der Waals surface area contributed by atoms with Gasteiger partial charge in [-0.3, -0.25) is 0 Å². The summed E-state index contributed by atoms with van der Waals surface area (Å²) in [6.45, 7) is 4.22. The van der Waals surface area contributed by atoms with Crippen molar-refractivity contribution >= 4 is 0 Å². The van der Waals surface area contributed by atoms with E-state index in [-0.39, 0.29) is 5.92 Å². The molecule has 2 heterocycles. The number of nitrogens with one attached hydrogen (secondary N) is 2. The lowest BCUT2D eigenvalue weighted by Crippen LogP contribution is -2.07. The van der Waals surface area contributed by atoms with Crippen LogP contribution >= 0.6 is 0 Å². The summed E-state index contributed by atoms with van der Waals surface area (Å²) in [5.41, 5.74) is 6.04. The van der Waals surface area contributed by atoms with E-state index >= 15 is 0 Å². The Kier molecular flexibility index (Phi) is 3.57. The Morgan fingerprint density at radius 1 is 0.905 bits per heavy atom. The van der Waals surface area contributed by atoms with Crippen LogP contribution in [0.5, 0.6) is 5.75 Å². The first-order chi connectivity index (χ1) is 10.2. The fraction of sp³-hybridized carbons (Fsp3) is 0.222. The maximum Gasteiger partial charge on any atom is 0.122 e. The number of benzene rings is 1. The Bertz CT molecular complexity index is 678. The van der Waals surface area contributed by atoms with Crippen molar-refractivity contribution in [2.24, 2.45) is 0 Å². The highest BCUT2D eigenvalue weighted by atomic mass is 16.5. The molecule has 0 unspecified atom stereocenters. The molecule has 0 aliphatic rings. The van der Waals surface area contributed by atoms with Gasteiger partial charge in [-0.15, -0.1) is 0 Å². The number of H-pyrrole nitrogens is 2. The zero-order valence-electron chi connectivity index (χ0n) is 12.6. The Morgan fingerprint density at radius 2 is 1.52 bits per heavy atom. The molecule has 108 valence electrons. The van der Waals surface area contributed by atoms with E-state index in [1.54, 1.807) is 7.11 Å². The van der Waals surface area contributed by atoms with E-state index in [1.807, 2.05) is 24.5 Å². The van der Waals surface area contributed by atoms with E-state index in [2.05, 4.69) is 48.1 Å². The molecule has 0 aliphatic carbocycles. The molecular formula is C18H20N2O. The molecule has 0 aliphatic heterocycles. The fourth-order valence-electron chi connectivity index (χ4n) is 2.89. The number of hydrogen-bond donors (Lipinski definition) is 2. The molecule has 3 heteroatoms. The second kappa shape index (κ2) is 5.52. The van der Waals surface area contributed by atoms with E-state index < -0.39 is 0 Å². The van der Waals surface area contributed by atoms with Gasteiger partial charge in [-0.25, -0.2) is 0 Å². The fourth-order valence-corrected chi connectivity index (χ4v) is 2.89. The Morgan fingerprint density at radius 3 is 2.00 bits per heavy atom. The van der Waals surface area contributed by atoms with Crippen molar-refractivity contribution in [3.63, 3.8) is 0 Å². The maximum absolute atomic E-state index is 5.43. The van der Waals surface area contributed by atoms with Gasteiger partial charge in [-0.1, -0.05) is 6.07 Å². The Balaban J connectivity index is 2.16. The van der Waals surface area contributed by atoms with Crippen LogP contribution in [0, 0.1) is 13.8 Å². The third-order valence-corrected chi connectivity index (χ3v) is 3.96. The van der Waals surface area contributed by atoms with Crippen LogP contribution in [-0.4, -0.2) is 17.1 Å². The summed E-state index contributed by atoms with van der Waals surface area (Å²) in [4.78, 5) is 6.70. The van der Waals surface area contributed by atoms with Crippen molar-refractivity contribution in [2.75, 3.05) is 7.11 Å². The Labute approximate surface area is 125 Å². The van der Waals surface area contributed by atoms with Crippen LogP contribution in [-0.2, 0) is 0 Å². The van der Waals surface area contributed by atoms with E-state index in [9.17, 15) is 0 Å². The number of hydrogen-bond acceptors (Lipinski definition) is 1. The molecule has 3 aromatic rings. The molecule has 0 saturated heterocycles. The van der Waals surface area contributed by atoms with Crippen LogP contribution in [0.25, 0.3) is 0 Å². The highest BCUT2D eigenvalue weighted by Gasteiger charge is 2.21. The van der Waals surface area contributed by atoms with E-state index in [1.165, 1.54) is 22.5 Å². The number of aromatic nitrogens is 2. The summed E-state index contributed by atoms with van der Waals surface area (Å²) < 4.78 is 5.43. The molecule has 2 aromatic heterocycles. The van der Waals surface area contributed by atoms with Crippen molar-refractivity contribution in [3.8, 4) is 5.75 Å². The summed E-state index contributed by atoms with van der Waals surface area (Å²) in [5.74, 6) is 1.12. The molecule has 21 heavy (non-hydrogen) atoms. The third-order valence-electron chi connectivity index (χ3n) is 3.96. The number of rotatable bonds is 4. The predicted molar refractivity (Wildman–Crippen MR) is 85.0 cm³/mol. The summed E-state index contributed by atoms with van der Waals surface area (Å²) in [7, 11) is 1.72. The summed E-state index contributed by atoms with van der Waals surface area (Å²) in [6.07, 6.45) is 3.94. The van der Waals surface area contributed by atoms with E-state index in [0.29, 0.717) is 0 Å². The van der Waals surface area contributed by atoms with Gasteiger partial charge in [0.1, 0.15) is 5.75 Å². The van der Waals surface area contributed by atoms with Crippen molar-refractivity contribution in [1.82, 2.24) is 9.97 Å². The molecular weight excluding hydrogens is 260 g/mol. The van der Waals surface area contributed by atoms with Crippen molar-refractivity contribution in [1.29, 1.82) is 0 Å². The van der Waals surface area contributed by atoms with Crippen molar-refractivity contribution < 1.29 is 4.74 Å². The number of aromatic amines is 2. The van der Waals surface area contributed by atoms with Crippen LogP contribution in [0.2, 0.25) is 0 Å². The van der Waals surface area contributed by atoms with Gasteiger partial charge in [0.25, 0.3) is 0 Å². The van der Waals surface area contributed by atoms with Crippen LogP contribution in [0.15, 0.2) is 48.8 Å². The molecule has 0 fully saturated rings. The molecule has 0 spiro atoms. The Hall–Kier alpha value is -2.42. The van der Waals surface area contributed by atoms with Gasteiger partial charge in [0.05, 0.1) is 13.0 Å². The van der Waals surface area contributed by atoms with Gasteiger partial charge < -0.3 is 14.7 Å². The summed E-state index contributed by atoms with van der Waals surface area (Å²) in [5, 5.41) is 0. The SMILES string of the molecule is COc1cc(C)c(C(c2ccc[nH]2)c2ccc[nH]2)cc1C. The predicted octanol–water partition coefficient (Wildman–Crippen LogP) is 4.15. The molecule has 2 N–H and O–H groups in total. The van der Waals surface area contributed by atoms with Gasteiger partial charge >= 0.3 is 0 Å². The highest BCUT2D eigenvalue weighted by Crippen LogP contribution is 2.35.